The summed E-state index contributed by atoms with van der Waals surface area (Å²) < 4.78 is 49.5. The number of allylic oxidation sites excluding steroid dienone is 1. The average Bonchev–Trinajstić information content (AvgIpc) is 3.61. The first-order valence-electron chi connectivity index (χ1n) is 18.6. The van der Waals surface area contributed by atoms with Crippen LogP contribution in [-0.4, -0.2) is 91.7 Å². The van der Waals surface area contributed by atoms with Crippen LogP contribution in [-0.2, 0) is 31.5 Å². The molecular formula is C38H45FN8O7S. The van der Waals surface area contributed by atoms with Gasteiger partial charge in [0.15, 0.2) is 0 Å². The summed E-state index contributed by atoms with van der Waals surface area (Å²) in [5, 5.41) is 9.94. The van der Waals surface area contributed by atoms with Gasteiger partial charge in [-0.25, -0.2) is 22.8 Å². The van der Waals surface area contributed by atoms with Crippen LogP contribution < -0.4 is 20.1 Å². The Morgan fingerprint density at radius 2 is 1.84 bits per heavy atom. The number of amides is 4. The lowest BCUT2D eigenvalue weighted by Crippen LogP contribution is -2.67. The third kappa shape index (κ3) is 7.45. The number of benzene rings is 1. The monoisotopic (exact) mass is 776 g/mol. The quantitative estimate of drug-likeness (QED) is 0.301. The van der Waals surface area contributed by atoms with Gasteiger partial charge in [0.25, 0.3) is 11.8 Å². The first-order valence-corrected chi connectivity index (χ1v) is 20.0. The zero-order chi connectivity index (χ0) is 39.3. The van der Waals surface area contributed by atoms with Crippen LogP contribution in [0.3, 0.4) is 0 Å². The number of fused-ring (bicyclic) bond motifs is 3. The Bertz CT molecular complexity index is 2220. The number of nitrogens with zero attached hydrogens (tertiary/aromatic N) is 5. The van der Waals surface area contributed by atoms with Gasteiger partial charge in [0.1, 0.15) is 40.9 Å². The molecule has 55 heavy (non-hydrogen) atoms. The van der Waals surface area contributed by atoms with Gasteiger partial charge in [-0.15, -0.1) is 0 Å². The summed E-state index contributed by atoms with van der Waals surface area (Å²) in [5.74, 6) is -3.77. The lowest BCUT2D eigenvalue weighted by molar-refractivity contribution is -0.142. The number of carbonyl (C=O) groups excluding carboxylic acids is 4. The van der Waals surface area contributed by atoms with Gasteiger partial charge >= 0.3 is 0 Å². The number of carbonyl (C=O) groups is 4. The fraction of sp³-hybridized carbons (Fsp3) is 0.500. The van der Waals surface area contributed by atoms with Gasteiger partial charge < -0.3 is 20.3 Å². The number of ether oxygens (including phenoxy) is 1. The van der Waals surface area contributed by atoms with E-state index >= 15 is 0 Å². The summed E-state index contributed by atoms with van der Waals surface area (Å²) in [6, 6.07) is 3.39. The maximum absolute atomic E-state index is 14.6. The average molecular weight is 777 g/mol. The summed E-state index contributed by atoms with van der Waals surface area (Å²) in [6.07, 6.45) is 9.82. The van der Waals surface area contributed by atoms with Crippen LogP contribution in [0.25, 0.3) is 11.0 Å². The van der Waals surface area contributed by atoms with E-state index in [2.05, 4.69) is 30.4 Å². The van der Waals surface area contributed by atoms with Crippen molar-refractivity contribution in [3.05, 3.63) is 71.5 Å². The van der Waals surface area contributed by atoms with E-state index in [-0.39, 0.29) is 36.5 Å². The fourth-order valence-electron chi connectivity index (χ4n) is 7.22. The first-order chi connectivity index (χ1) is 26.1. The van der Waals surface area contributed by atoms with Crippen LogP contribution in [0.2, 0.25) is 0 Å². The lowest BCUT2D eigenvalue weighted by Gasteiger charge is -2.42. The van der Waals surface area contributed by atoms with E-state index in [1.165, 1.54) is 29.2 Å². The number of aromatic nitrogens is 4. The molecule has 1 saturated carbocycles. The van der Waals surface area contributed by atoms with Gasteiger partial charge in [0.05, 0.1) is 22.3 Å². The topological polar surface area (TPSA) is 195 Å². The van der Waals surface area contributed by atoms with Gasteiger partial charge in [0.2, 0.25) is 27.7 Å². The summed E-state index contributed by atoms with van der Waals surface area (Å²) in [7, 11) is -2.35. The van der Waals surface area contributed by atoms with E-state index in [9.17, 15) is 32.0 Å². The van der Waals surface area contributed by atoms with E-state index in [1.807, 2.05) is 6.08 Å². The predicted molar refractivity (Wildman–Crippen MR) is 198 cm³/mol. The second-order valence-electron chi connectivity index (χ2n) is 15.2. The van der Waals surface area contributed by atoms with Crippen molar-refractivity contribution in [3.8, 4) is 5.88 Å². The second-order valence-corrected chi connectivity index (χ2v) is 17.4. The van der Waals surface area contributed by atoms with Gasteiger partial charge in [-0.3, -0.25) is 28.6 Å². The maximum Gasteiger partial charge on any atom is 0.272 e. The minimum Gasteiger partial charge on any atom is -0.471 e. The molecular weight excluding hydrogens is 732 g/mol. The van der Waals surface area contributed by atoms with Crippen molar-refractivity contribution in [2.24, 2.45) is 13.0 Å². The zero-order valence-corrected chi connectivity index (χ0v) is 32.0. The molecule has 0 radical (unpaired) electrons. The summed E-state index contributed by atoms with van der Waals surface area (Å²) >= 11 is 0. The van der Waals surface area contributed by atoms with E-state index in [1.54, 1.807) is 50.7 Å². The normalized spacial score (nSPS) is 26.5. The smallest absolute Gasteiger partial charge is 0.272 e. The van der Waals surface area contributed by atoms with Crippen molar-refractivity contribution in [2.75, 3.05) is 6.54 Å². The number of rotatable bonds is 7. The molecule has 2 aliphatic carbocycles. The summed E-state index contributed by atoms with van der Waals surface area (Å²) in [6.45, 7) is 4.94. The Morgan fingerprint density at radius 1 is 1.05 bits per heavy atom. The Labute approximate surface area is 318 Å². The fourth-order valence-corrected chi connectivity index (χ4v) is 8.52. The highest BCUT2D eigenvalue weighted by Crippen LogP contribution is 2.43. The molecule has 0 spiro atoms. The number of hydrogen-bond acceptors (Lipinski definition) is 10. The molecule has 1 saturated heterocycles. The van der Waals surface area contributed by atoms with Gasteiger partial charge in [-0.2, -0.15) is 5.10 Å². The Morgan fingerprint density at radius 3 is 2.53 bits per heavy atom. The van der Waals surface area contributed by atoms with Crippen LogP contribution in [0.5, 0.6) is 5.88 Å². The van der Waals surface area contributed by atoms with E-state index in [4.69, 9.17) is 4.74 Å². The highest BCUT2D eigenvalue weighted by atomic mass is 32.2. The molecule has 15 nitrogen and oxygen atoms in total. The van der Waals surface area contributed by atoms with E-state index in [0.29, 0.717) is 36.9 Å². The predicted octanol–water partition coefficient (Wildman–Crippen LogP) is 2.83. The molecule has 2 aromatic heterocycles. The number of nitrogens with one attached hydrogen (secondary N) is 3. The molecule has 17 heteroatoms. The Balaban J connectivity index is 1.22. The molecule has 2 aliphatic heterocycles. The first kappa shape index (κ1) is 38.1. The van der Waals surface area contributed by atoms with Gasteiger partial charge in [0, 0.05) is 31.1 Å². The molecule has 1 aromatic carbocycles. The number of halogens is 1. The molecule has 7 rings (SSSR count). The molecule has 4 aliphatic rings. The largest absolute Gasteiger partial charge is 0.471 e. The third-order valence-electron chi connectivity index (χ3n) is 11.2. The second kappa shape index (κ2) is 14.5. The third-order valence-corrected chi connectivity index (χ3v) is 13.3. The van der Waals surface area contributed by atoms with Crippen molar-refractivity contribution >= 4 is 44.7 Å². The standard InChI is InChI=1S/C38H45FN8O7S/c1-22-18-30(44-46(22)4)32(48)41-28-11-9-7-5-6-8-10-24-14-15-38(24,36(51)45-55(52,53)37(3)16-17-37)43-33(49)31-20-26(21-47(31)35(28)50)54-34-23(2)40-27-13-12-25(39)19-29(27)42-34/h8,10,12-15,18-19,24,26,28,31H,5-7,9,11,16-17,20-21H2,1-4H3,(H,41,48)(H,43,49)(H,45,51). The SMILES string of the molecule is Cc1nc2ccc(F)cc2nc1OC1CC2C(=O)NC3(C(=O)NS(=O)(=O)C4(C)CC4)C=CC3C=CCCCCCC(NC(=O)c3cc(C)n(C)n3)C(=O)N2C1. The molecule has 5 unspecified atom stereocenters. The Hall–Kier alpha value is -5.19. The number of sulfonamides is 1. The molecule has 4 amide bonds. The summed E-state index contributed by atoms with van der Waals surface area (Å²) in [5.41, 5.74) is 0.254. The molecule has 0 bridgehead atoms. The minimum atomic E-state index is -4.06. The van der Waals surface area contributed by atoms with Crippen LogP contribution in [0.4, 0.5) is 4.39 Å². The van der Waals surface area contributed by atoms with Crippen molar-refractivity contribution in [3.63, 3.8) is 0 Å². The zero-order valence-electron chi connectivity index (χ0n) is 31.2. The molecule has 5 atom stereocenters. The highest BCUT2D eigenvalue weighted by Gasteiger charge is 2.56. The van der Waals surface area contributed by atoms with Crippen molar-refractivity contribution in [2.45, 2.75) is 101 Å². The van der Waals surface area contributed by atoms with Gasteiger partial charge in [-0.1, -0.05) is 37.1 Å². The van der Waals surface area contributed by atoms with Crippen molar-refractivity contribution in [1.82, 2.24) is 40.0 Å². The highest BCUT2D eigenvalue weighted by molar-refractivity contribution is 7.91. The van der Waals surface area contributed by atoms with E-state index < -0.39 is 73.9 Å². The number of hydrogen-bond donors (Lipinski definition) is 3. The van der Waals surface area contributed by atoms with E-state index in [0.717, 1.165) is 18.5 Å². The van der Waals surface area contributed by atoms with Crippen LogP contribution in [0.15, 0.2) is 48.6 Å². The molecule has 2 fully saturated rings. The minimum absolute atomic E-state index is 0.0434. The number of aryl methyl sites for hydroxylation is 3. The molecule has 3 aromatic rings. The Kier molecular flexibility index (Phi) is 10.0. The molecule has 4 heterocycles. The summed E-state index contributed by atoms with van der Waals surface area (Å²) in [4.78, 5) is 66.8. The molecule has 292 valence electrons. The van der Waals surface area contributed by atoms with Crippen LogP contribution in [0.1, 0.15) is 80.2 Å². The van der Waals surface area contributed by atoms with Gasteiger partial charge in [-0.05, 0) is 71.1 Å². The van der Waals surface area contributed by atoms with Crippen LogP contribution in [0, 0.1) is 25.6 Å². The molecule has 3 N–H and O–H groups in total. The van der Waals surface area contributed by atoms with Crippen molar-refractivity contribution < 1.29 is 36.7 Å². The lowest BCUT2D eigenvalue weighted by atomic mass is 9.73. The maximum atomic E-state index is 14.6. The van der Waals surface area contributed by atoms with Crippen LogP contribution >= 0.6 is 0 Å². The van der Waals surface area contributed by atoms with Crippen molar-refractivity contribution in [1.29, 1.82) is 0 Å².